The van der Waals surface area contributed by atoms with Crippen molar-refractivity contribution >= 4 is 47.4 Å². The minimum absolute atomic E-state index is 0. The zero-order valence-corrected chi connectivity index (χ0v) is 19.3. The first kappa shape index (κ1) is 22.5. The average molecular weight is 516 g/mol. The molecule has 2 N–H and O–H groups in total. The van der Waals surface area contributed by atoms with E-state index in [9.17, 15) is 0 Å². The van der Waals surface area contributed by atoms with Crippen molar-refractivity contribution in [1.82, 2.24) is 15.6 Å². The predicted molar refractivity (Wildman–Crippen MR) is 126 cm³/mol. The molecule has 0 saturated carbocycles. The molecule has 1 atom stereocenters. The van der Waals surface area contributed by atoms with Gasteiger partial charge < -0.3 is 20.3 Å². The summed E-state index contributed by atoms with van der Waals surface area (Å²) in [5.41, 5.74) is 1.22. The number of nitrogens with one attached hydrogen (secondary N) is 2. The quantitative estimate of drug-likeness (QED) is 0.267. The van der Waals surface area contributed by atoms with Gasteiger partial charge in [0.05, 0.1) is 11.6 Å². The first-order chi connectivity index (χ1) is 13.2. The van der Waals surface area contributed by atoms with Crippen LogP contribution in [-0.2, 0) is 0 Å². The Balaban J connectivity index is 0.00000280. The van der Waals surface area contributed by atoms with Crippen molar-refractivity contribution < 1.29 is 4.74 Å². The summed E-state index contributed by atoms with van der Waals surface area (Å²) in [5.74, 6) is 2.50. The number of aromatic nitrogens is 1. The van der Waals surface area contributed by atoms with Crippen LogP contribution >= 0.6 is 35.6 Å². The van der Waals surface area contributed by atoms with Crippen LogP contribution < -0.4 is 20.3 Å². The molecule has 1 aromatic heterocycles. The highest BCUT2D eigenvalue weighted by atomic mass is 127. The van der Waals surface area contributed by atoms with E-state index in [-0.39, 0.29) is 24.0 Å². The van der Waals surface area contributed by atoms with Crippen LogP contribution in [0.5, 0.6) is 5.75 Å². The van der Waals surface area contributed by atoms with Gasteiger partial charge in [-0.15, -0.1) is 24.0 Å². The van der Waals surface area contributed by atoms with Crippen molar-refractivity contribution in [3.05, 3.63) is 53.2 Å². The number of aliphatic imine (C=N–C) groups is 1. The first-order valence-corrected chi connectivity index (χ1v) is 9.55. The SMILES string of the molecule is CN=C(NCCOc1ccc(C)cc1)NC1CCN(c2ncccc2Cl)C1.I. The molecule has 0 spiro atoms. The van der Waals surface area contributed by atoms with E-state index in [1.807, 2.05) is 36.4 Å². The number of guanidine groups is 1. The molecular weight excluding hydrogens is 489 g/mol. The zero-order chi connectivity index (χ0) is 19.1. The van der Waals surface area contributed by atoms with Crippen molar-refractivity contribution in [3.8, 4) is 5.75 Å². The van der Waals surface area contributed by atoms with Crippen LogP contribution in [-0.4, -0.2) is 50.3 Å². The molecule has 0 radical (unpaired) electrons. The van der Waals surface area contributed by atoms with Gasteiger partial charge in [-0.3, -0.25) is 4.99 Å². The highest BCUT2D eigenvalue weighted by molar-refractivity contribution is 14.0. The van der Waals surface area contributed by atoms with Crippen LogP contribution in [0, 0.1) is 6.92 Å². The maximum absolute atomic E-state index is 6.25. The van der Waals surface area contributed by atoms with Crippen LogP contribution in [0.4, 0.5) is 5.82 Å². The summed E-state index contributed by atoms with van der Waals surface area (Å²) in [5, 5.41) is 7.45. The van der Waals surface area contributed by atoms with Crippen molar-refractivity contribution in [3.63, 3.8) is 0 Å². The van der Waals surface area contributed by atoms with Crippen molar-refractivity contribution in [1.29, 1.82) is 0 Å². The molecule has 28 heavy (non-hydrogen) atoms. The fourth-order valence-corrected chi connectivity index (χ4v) is 3.28. The normalized spacial score (nSPS) is 16.5. The molecule has 3 rings (SSSR count). The highest BCUT2D eigenvalue weighted by Crippen LogP contribution is 2.25. The summed E-state index contributed by atoms with van der Waals surface area (Å²) in [4.78, 5) is 10.9. The number of nitrogens with zero attached hydrogens (tertiary/aromatic N) is 3. The van der Waals surface area contributed by atoms with Crippen molar-refractivity contribution in [2.75, 3.05) is 38.2 Å². The fourth-order valence-electron chi connectivity index (χ4n) is 3.04. The number of benzene rings is 1. The van der Waals surface area contributed by atoms with Gasteiger partial charge in [-0.25, -0.2) is 4.98 Å². The summed E-state index contributed by atoms with van der Waals surface area (Å²) in [7, 11) is 1.78. The molecule has 8 heteroatoms. The third kappa shape index (κ3) is 6.41. The van der Waals surface area contributed by atoms with Gasteiger partial charge in [0.2, 0.25) is 0 Å². The van der Waals surface area contributed by atoms with Crippen LogP contribution in [0.3, 0.4) is 0 Å². The molecule has 152 valence electrons. The van der Waals surface area contributed by atoms with Crippen molar-refractivity contribution in [2.24, 2.45) is 4.99 Å². The number of anilines is 1. The summed E-state index contributed by atoms with van der Waals surface area (Å²) in [6, 6.07) is 12.1. The van der Waals surface area contributed by atoms with Crippen LogP contribution in [0.15, 0.2) is 47.6 Å². The summed E-state index contributed by atoms with van der Waals surface area (Å²) < 4.78 is 5.74. The van der Waals surface area contributed by atoms with E-state index in [4.69, 9.17) is 16.3 Å². The lowest BCUT2D eigenvalue weighted by molar-refractivity contribution is 0.321. The third-order valence-corrected chi connectivity index (χ3v) is 4.77. The van der Waals surface area contributed by atoms with E-state index in [0.717, 1.165) is 37.0 Å². The second-order valence-corrected chi connectivity index (χ2v) is 6.95. The second-order valence-electron chi connectivity index (χ2n) is 6.55. The van der Waals surface area contributed by atoms with E-state index >= 15 is 0 Å². The largest absolute Gasteiger partial charge is 0.492 e. The molecule has 1 unspecified atom stereocenters. The fraction of sp³-hybridized carbons (Fsp3) is 0.400. The van der Waals surface area contributed by atoms with Crippen LogP contribution in [0.25, 0.3) is 0 Å². The van der Waals surface area contributed by atoms with Crippen LogP contribution in [0.1, 0.15) is 12.0 Å². The topological polar surface area (TPSA) is 61.8 Å². The Morgan fingerprint density at radius 2 is 2.11 bits per heavy atom. The van der Waals surface area contributed by atoms with Gasteiger partial charge in [0, 0.05) is 32.4 Å². The minimum Gasteiger partial charge on any atom is -0.492 e. The van der Waals surface area contributed by atoms with E-state index < -0.39 is 0 Å². The van der Waals surface area contributed by atoms with Crippen LogP contribution in [0.2, 0.25) is 5.02 Å². The lowest BCUT2D eigenvalue weighted by Gasteiger charge is -2.20. The molecule has 0 aliphatic carbocycles. The minimum atomic E-state index is 0. The zero-order valence-electron chi connectivity index (χ0n) is 16.2. The Labute approximate surface area is 188 Å². The Hall–Kier alpha value is -1.74. The summed E-state index contributed by atoms with van der Waals surface area (Å²) in [6.07, 6.45) is 2.78. The van der Waals surface area contributed by atoms with E-state index in [1.54, 1.807) is 13.2 Å². The molecule has 2 aromatic rings. The number of ether oxygens (including phenoxy) is 1. The maximum atomic E-state index is 6.25. The van der Waals surface area contributed by atoms with Gasteiger partial charge in [0.25, 0.3) is 0 Å². The molecule has 1 saturated heterocycles. The molecule has 2 heterocycles. The predicted octanol–water partition coefficient (Wildman–Crippen LogP) is 3.48. The standard InChI is InChI=1S/C20H26ClN5O.HI/c1-15-5-7-17(8-6-15)27-13-11-24-20(22-2)25-16-9-12-26(14-16)19-18(21)4-3-10-23-19;/h3-8,10,16H,9,11-14H2,1-2H3,(H2,22,24,25);1H. The number of pyridine rings is 1. The van der Waals surface area contributed by atoms with Gasteiger partial charge in [-0.05, 0) is 37.6 Å². The molecule has 1 aromatic carbocycles. The van der Waals surface area contributed by atoms with E-state index in [0.29, 0.717) is 24.2 Å². The Kier molecular flexibility index (Phi) is 9.11. The molecule has 1 aliphatic rings. The smallest absolute Gasteiger partial charge is 0.191 e. The van der Waals surface area contributed by atoms with Gasteiger partial charge in [0.15, 0.2) is 5.96 Å². The van der Waals surface area contributed by atoms with Gasteiger partial charge >= 0.3 is 0 Å². The Bertz CT molecular complexity index is 771. The average Bonchev–Trinajstić information content (AvgIpc) is 3.14. The van der Waals surface area contributed by atoms with Crippen molar-refractivity contribution in [2.45, 2.75) is 19.4 Å². The lowest BCUT2D eigenvalue weighted by Crippen LogP contribution is -2.45. The highest BCUT2D eigenvalue weighted by Gasteiger charge is 2.25. The number of hydrogen-bond donors (Lipinski definition) is 2. The molecule has 0 bridgehead atoms. The maximum Gasteiger partial charge on any atom is 0.191 e. The number of rotatable bonds is 6. The molecule has 1 fully saturated rings. The number of hydrogen-bond acceptors (Lipinski definition) is 4. The van der Waals surface area contributed by atoms with E-state index in [1.165, 1.54) is 5.56 Å². The number of aryl methyl sites for hydroxylation is 1. The molecule has 1 aliphatic heterocycles. The second kappa shape index (κ2) is 11.3. The summed E-state index contributed by atoms with van der Waals surface area (Å²) >= 11 is 6.25. The van der Waals surface area contributed by atoms with E-state index in [2.05, 4.69) is 32.4 Å². The summed E-state index contributed by atoms with van der Waals surface area (Å²) in [6.45, 7) is 5.08. The molecule has 6 nitrogen and oxygen atoms in total. The van der Waals surface area contributed by atoms with Gasteiger partial charge in [-0.2, -0.15) is 0 Å². The monoisotopic (exact) mass is 515 g/mol. The lowest BCUT2D eigenvalue weighted by atomic mass is 10.2. The molecular formula is C20H27ClIN5O. The van der Waals surface area contributed by atoms with Gasteiger partial charge in [-0.1, -0.05) is 29.3 Å². The third-order valence-electron chi connectivity index (χ3n) is 4.48. The van der Waals surface area contributed by atoms with Gasteiger partial charge in [0.1, 0.15) is 18.2 Å². The Morgan fingerprint density at radius 1 is 1.32 bits per heavy atom. The Morgan fingerprint density at radius 3 is 2.82 bits per heavy atom. The molecule has 0 amide bonds. The first-order valence-electron chi connectivity index (χ1n) is 9.18. The number of halogens is 2.